The summed E-state index contributed by atoms with van der Waals surface area (Å²) >= 11 is 3.39. The van der Waals surface area contributed by atoms with Gasteiger partial charge in [0, 0.05) is 17.6 Å². The quantitative estimate of drug-likeness (QED) is 0.812. The second-order valence-electron chi connectivity index (χ2n) is 2.88. The van der Waals surface area contributed by atoms with Crippen molar-refractivity contribution in [3.05, 3.63) is 34.3 Å². The molecule has 0 saturated heterocycles. The van der Waals surface area contributed by atoms with Crippen LogP contribution in [-0.4, -0.2) is 18.3 Å². The zero-order valence-electron chi connectivity index (χ0n) is 7.87. The summed E-state index contributed by atoms with van der Waals surface area (Å²) in [5.41, 5.74) is 1.26. The molecule has 2 nitrogen and oxygen atoms in total. The minimum atomic E-state index is 0. The van der Waals surface area contributed by atoms with Gasteiger partial charge in [-0.05, 0) is 30.7 Å². The van der Waals surface area contributed by atoms with Crippen LogP contribution in [-0.2, 0) is 6.54 Å². The number of hydrogen-bond acceptors (Lipinski definition) is 2. The fraction of sp³-hybridized carbons (Fsp3) is 0.400. The Morgan fingerprint density at radius 3 is 2.43 bits per heavy atom. The first kappa shape index (κ1) is 13.9. The van der Waals surface area contributed by atoms with Crippen LogP contribution < -0.4 is 5.32 Å². The molecule has 80 valence electrons. The fourth-order valence-electron chi connectivity index (χ4n) is 1.04. The molecule has 2 N–H and O–H groups in total. The predicted molar refractivity (Wildman–Crippen MR) is 64.8 cm³/mol. The largest absolute Gasteiger partial charge is 0.396 e. The van der Waals surface area contributed by atoms with Crippen LogP contribution in [0.5, 0.6) is 0 Å². The molecule has 0 heterocycles. The number of aliphatic hydroxyl groups is 1. The van der Waals surface area contributed by atoms with Gasteiger partial charge in [-0.25, -0.2) is 0 Å². The van der Waals surface area contributed by atoms with Crippen LogP contribution in [0.1, 0.15) is 12.0 Å². The number of halogens is 2. The molecule has 0 bridgehead atoms. The van der Waals surface area contributed by atoms with Gasteiger partial charge >= 0.3 is 0 Å². The number of hydrogen-bond donors (Lipinski definition) is 2. The summed E-state index contributed by atoms with van der Waals surface area (Å²) in [5, 5.41) is 11.8. The maximum atomic E-state index is 8.55. The molecule has 14 heavy (non-hydrogen) atoms. The molecule has 0 radical (unpaired) electrons. The molecule has 4 heteroatoms. The summed E-state index contributed by atoms with van der Waals surface area (Å²) in [6.45, 7) is 1.99. The molecule has 0 aliphatic rings. The highest BCUT2D eigenvalue weighted by atomic mass is 79.9. The van der Waals surface area contributed by atoms with Crippen LogP contribution in [0.25, 0.3) is 0 Å². The van der Waals surface area contributed by atoms with E-state index in [-0.39, 0.29) is 19.0 Å². The Morgan fingerprint density at radius 2 is 1.86 bits per heavy atom. The molecule has 0 spiro atoms. The lowest BCUT2D eigenvalue weighted by molar-refractivity contribution is 0.286. The first-order valence-corrected chi connectivity index (χ1v) is 5.18. The summed E-state index contributed by atoms with van der Waals surface area (Å²) in [7, 11) is 0. The van der Waals surface area contributed by atoms with E-state index in [4.69, 9.17) is 5.11 Å². The first-order chi connectivity index (χ1) is 6.33. The maximum absolute atomic E-state index is 8.55. The minimum Gasteiger partial charge on any atom is -0.396 e. The van der Waals surface area contributed by atoms with E-state index in [0.717, 1.165) is 24.0 Å². The molecule has 0 saturated carbocycles. The molecule has 0 amide bonds. The van der Waals surface area contributed by atoms with Crippen molar-refractivity contribution in [1.82, 2.24) is 5.32 Å². The van der Waals surface area contributed by atoms with E-state index in [1.807, 2.05) is 12.1 Å². The molecule has 1 aromatic carbocycles. The van der Waals surface area contributed by atoms with Gasteiger partial charge in [-0.2, -0.15) is 0 Å². The minimum absolute atomic E-state index is 0. The number of benzene rings is 1. The van der Waals surface area contributed by atoms with Gasteiger partial charge in [0.05, 0.1) is 0 Å². The Labute approximate surface area is 99.3 Å². The standard InChI is InChI=1S/C10H14BrNO.ClH/c11-10-4-2-9(3-5-10)8-12-6-1-7-13;/h2-5,12-13H,1,6-8H2;1H. The number of aliphatic hydroxyl groups excluding tert-OH is 1. The van der Waals surface area contributed by atoms with Crippen molar-refractivity contribution in [2.75, 3.05) is 13.2 Å². The zero-order chi connectivity index (χ0) is 9.52. The molecule has 1 rings (SSSR count). The van der Waals surface area contributed by atoms with Gasteiger partial charge < -0.3 is 10.4 Å². The third-order valence-corrected chi connectivity index (χ3v) is 2.28. The monoisotopic (exact) mass is 279 g/mol. The van der Waals surface area contributed by atoms with Crippen LogP contribution in [0.15, 0.2) is 28.7 Å². The Bertz CT molecular complexity index is 240. The van der Waals surface area contributed by atoms with Crippen LogP contribution >= 0.6 is 28.3 Å². The highest BCUT2D eigenvalue weighted by Crippen LogP contribution is 2.09. The molecule has 0 fully saturated rings. The van der Waals surface area contributed by atoms with Crippen molar-refractivity contribution in [3.63, 3.8) is 0 Å². The number of nitrogens with one attached hydrogen (secondary N) is 1. The predicted octanol–water partition coefficient (Wildman–Crippen LogP) is 2.34. The van der Waals surface area contributed by atoms with Crippen molar-refractivity contribution >= 4 is 28.3 Å². The van der Waals surface area contributed by atoms with Crippen molar-refractivity contribution < 1.29 is 5.11 Å². The molecule has 0 aliphatic carbocycles. The molecule has 0 unspecified atom stereocenters. The summed E-state index contributed by atoms with van der Waals surface area (Å²) in [6.07, 6.45) is 0.816. The second-order valence-corrected chi connectivity index (χ2v) is 3.80. The molecule has 1 aromatic rings. The van der Waals surface area contributed by atoms with Crippen molar-refractivity contribution in [1.29, 1.82) is 0 Å². The molecule has 0 atom stereocenters. The van der Waals surface area contributed by atoms with E-state index in [9.17, 15) is 0 Å². The van der Waals surface area contributed by atoms with Gasteiger partial charge in [-0.15, -0.1) is 12.4 Å². The lowest BCUT2D eigenvalue weighted by atomic mass is 10.2. The molecular weight excluding hydrogens is 265 g/mol. The van der Waals surface area contributed by atoms with Crippen molar-refractivity contribution in [2.45, 2.75) is 13.0 Å². The molecule has 0 aliphatic heterocycles. The summed E-state index contributed by atoms with van der Waals surface area (Å²) < 4.78 is 1.10. The SMILES string of the molecule is Cl.OCCCNCc1ccc(Br)cc1. The third-order valence-electron chi connectivity index (χ3n) is 1.75. The van der Waals surface area contributed by atoms with E-state index in [2.05, 4.69) is 33.4 Å². The Balaban J connectivity index is 0.00000169. The lowest BCUT2D eigenvalue weighted by Gasteiger charge is -2.03. The van der Waals surface area contributed by atoms with Gasteiger partial charge in [0.25, 0.3) is 0 Å². The second kappa shape index (κ2) is 8.24. The Kier molecular flexibility index (Phi) is 8.18. The van der Waals surface area contributed by atoms with E-state index >= 15 is 0 Å². The first-order valence-electron chi connectivity index (χ1n) is 4.39. The summed E-state index contributed by atoms with van der Waals surface area (Å²) in [4.78, 5) is 0. The zero-order valence-corrected chi connectivity index (χ0v) is 10.3. The molecule has 0 aromatic heterocycles. The van der Waals surface area contributed by atoms with E-state index in [0.29, 0.717) is 0 Å². The van der Waals surface area contributed by atoms with E-state index in [1.165, 1.54) is 5.56 Å². The third kappa shape index (κ3) is 5.60. The highest BCUT2D eigenvalue weighted by molar-refractivity contribution is 9.10. The maximum Gasteiger partial charge on any atom is 0.0443 e. The van der Waals surface area contributed by atoms with Crippen LogP contribution in [0, 0.1) is 0 Å². The average molecular weight is 281 g/mol. The van der Waals surface area contributed by atoms with Crippen LogP contribution in [0.3, 0.4) is 0 Å². The van der Waals surface area contributed by atoms with Gasteiger partial charge in [0.2, 0.25) is 0 Å². The van der Waals surface area contributed by atoms with Crippen LogP contribution in [0.4, 0.5) is 0 Å². The van der Waals surface area contributed by atoms with E-state index in [1.54, 1.807) is 0 Å². The Hall–Kier alpha value is -0.0900. The van der Waals surface area contributed by atoms with Gasteiger partial charge in [-0.1, -0.05) is 28.1 Å². The van der Waals surface area contributed by atoms with Gasteiger partial charge in [-0.3, -0.25) is 0 Å². The lowest BCUT2D eigenvalue weighted by Crippen LogP contribution is -2.15. The molecular formula is C10H15BrClNO. The highest BCUT2D eigenvalue weighted by Gasteiger charge is 1.91. The fourth-order valence-corrected chi connectivity index (χ4v) is 1.30. The topological polar surface area (TPSA) is 32.3 Å². The van der Waals surface area contributed by atoms with Crippen molar-refractivity contribution in [3.8, 4) is 0 Å². The normalized spacial score (nSPS) is 9.57. The van der Waals surface area contributed by atoms with Gasteiger partial charge in [0.1, 0.15) is 0 Å². The smallest absolute Gasteiger partial charge is 0.0443 e. The summed E-state index contributed by atoms with van der Waals surface area (Å²) in [5.74, 6) is 0. The summed E-state index contributed by atoms with van der Waals surface area (Å²) in [6, 6.07) is 8.22. The van der Waals surface area contributed by atoms with Crippen molar-refractivity contribution in [2.24, 2.45) is 0 Å². The van der Waals surface area contributed by atoms with Crippen LogP contribution in [0.2, 0.25) is 0 Å². The Morgan fingerprint density at radius 1 is 1.21 bits per heavy atom. The number of rotatable bonds is 5. The average Bonchev–Trinajstić information content (AvgIpc) is 2.15. The van der Waals surface area contributed by atoms with E-state index < -0.39 is 0 Å². The van der Waals surface area contributed by atoms with Gasteiger partial charge in [0.15, 0.2) is 0 Å².